The van der Waals surface area contributed by atoms with Crippen LogP contribution >= 0.6 is 11.6 Å². The average Bonchev–Trinajstić information content (AvgIpc) is 3.57. The van der Waals surface area contributed by atoms with Gasteiger partial charge in [-0.15, -0.1) is 0 Å². The highest BCUT2D eigenvalue weighted by Gasteiger charge is 2.29. The summed E-state index contributed by atoms with van der Waals surface area (Å²) in [6.45, 7) is 3.92. The minimum atomic E-state index is -0.0807. The number of halogens is 1. The van der Waals surface area contributed by atoms with Gasteiger partial charge >= 0.3 is 0 Å². The first-order chi connectivity index (χ1) is 18.5. The molecule has 1 saturated heterocycles. The van der Waals surface area contributed by atoms with Gasteiger partial charge in [0.2, 0.25) is 6.79 Å². The lowest BCUT2D eigenvalue weighted by molar-refractivity contribution is 0.0535. The fourth-order valence-electron chi connectivity index (χ4n) is 5.08. The number of aromatic nitrogens is 1. The lowest BCUT2D eigenvalue weighted by atomic mass is 10.1. The van der Waals surface area contributed by atoms with Crippen LogP contribution in [-0.2, 0) is 0 Å². The summed E-state index contributed by atoms with van der Waals surface area (Å²) in [7, 11) is 0. The predicted molar refractivity (Wildman–Crippen MR) is 145 cm³/mol. The number of nitrogens with zero attached hydrogens (tertiary/aromatic N) is 3. The van der Waals surface area contributed by atoms with Crippen LogP contribution in [0.2, 0.25) is 5.02 Å². The molecule has 192 valence electrons. The molecular formula is C30H26ClN3O4. The largest absolute Gasteiger partial charge is 0.454 e. The average molecular weight is 528 g/mol. The monoisotopic (exact) mass is 527 g/mol. The molecule has 1 aromatic heterocycles. The number of hydrogen-bond donors (Lipinski definition) is 0. The van der Waals surface area contributed by atoms with Gasteiger partial charge in [-0.05, 0) is 48.9 Å². The Morgan fingerprint density at radius 1 is 0.763 bits per heavy atom. The number of piperazine rings is 1. The summed E-state index contributed by atoms with van der Waals surface area (Å²) in [4.78, 5) is 30.5. The molecule has 3 aromatic carbocycles. The number of fused-ring (bicyclic) bond motifs is 1. The van der Waals surface area contributed by atoms with Crippen LogP contribution < -0.4 is 9.47 Å². The Labute approximate surface area is 225 Å². The van der Waals surface area contributed by atoms with E-state index in [1.165, 1.54) is 0 Å². The summed E-state index contributed by atoms with van der Waals surface area (Å²) in [5.74, 6) is 1.09. The van der Waals surface area contributed by atoms with Gasteiger partial charge in [-0.1, -0.05) is 54.1 Å². The topological polar surface area (TPSA) is 64.0 Å². The van der Waals surface area contributed by atoms with Crippen molar-refractivity contribution in [3.63, 3.8) is 0 Å². The molecule has 0 aliphatic carbocycles. The van der Waals surface area contributed by atoms with Crippen molar-refractivity contribution in [2.45, 2.75) is 6.92 Å². The first-order valence-corrected chi connectivity index (χ1v) is 12.9. The molecule has 0 bridgehead atoms. The molecule has 38 heavy (non-hydrogen) atoms. The van der Waals surface area contributed by atoms with E-state index in [1.54, 1.807) is 23.1 Å². The molecule has 0 saturated carbocycles. The van der Waals surface area contributed by atoms with E-state index in [4.69, 9.17) is 21.1 Å². The lowest BCUT2D eigenvalue weighted by Gasteiger charge is -2.35. The minimum Gasteiger partial charge on any atom is -0.454 e. The number of carbonyl (C=O) groups excluding carboxylic acids is 2. The molecule has 0 atom stereocenters. The molecule has 4 aromatic rings. The number of hydrogen-bond acceptors (Lipinski definition) is 4. The highest BCUT2D eigenvalue weighted by Crippen LogP contribution is 2.34. The van der Waals surface area contributed by atoms with E-state index in [2.05, 4.69) is 0 Å². The van der Waals surface area contributed by atoms with Crippen LogP contribution in [0.4, 0.5) is 0 Å². The summed E-state index contributed by atoms with van der Waals surface area (Å²) in [6.07, 6.45) is 0. The number of carbonyl (C=O) groups is 2. The second-order valence-corrected chi connectivity index (χ2v) is 9.74. The predicted octanol–water partition coefficient (Wildman–Crippen LogP) is 5.43. The Kier molecular flexibility index (Phi) is 6.29. The van der Waals surface area contributed by atoms with Gasteiger partial charge in [-0.3, -0.25) is 9.59 Å². The van der Waals surface area contributed by atoms with Gasteiger partial charge < -0.3 is 23.8 Å². The number of amides is 2. The zero-order valence-electron chi connectivity index (χ0n) is 20.9. The maximum Gasteiger partial charge on any atom is 0.255 e. The first-order valence-electron chi connectivity index (χ1n) is 12.5. The van der Waals surface area contributed by atoms with E-state index in [9.17, 15) is 9.59 Å². The van der Waals surface area contributed by atoms with Crippen LogP contribution in [0.5, 0.6) is 11.5 Å². The molecule has 8 heteroatoms. The number of para-hydroxylation sites is 1. The normalized spacial score (nSPS) is 14.6. The third kappa shape index (κ3) is 4.29. The lowest BCUT2D eigenvalue weighted by Crippen LogP contribution is -2.50. The number of rotatable bonds is 4. The summed E-state index contributed by atoms with van der Waals surface area (Å²) in [6, 6.07) is 24.8. The molecule has 7 nitrogen and oxygen atoms in total. The Bertz CT molecular complexity index is 1520. The molecule has 2 amide bonds. The van der Waals surface area contributed by atoms with Gasteiger partial charge in [0.1, 0.15) is 0 Å². The summed E-state index contributed by atoms with van der Waals surface area (Å²) in [5, 5.41) is 0.609. The molecule has 0 spiro atoms. The Balaban J connectivity index is 1.24. The molecule has 2 aliphatic rings. The third-order valence-corrected chi connectivity index (χ3v) is 7.43. The van der Waals surface area contributed by atoms with Crippen LogP contribution in [0, 0.1) is 6.92 Å². The highest BCUT2D eigenvalue weighted by molar-refractivity contribution is 6.32. The van der Waals surface area contributed by atoms with E-state index in [0.29, 0.717) is 53.8 Å². The molecule has 6 rings (SSSR count). The fourth-order valence-corrected chi connectivity index (χ4v) is 5.30. The van der Waals surface area contributed by atoms with Gasteiger partial charge in [-0.2, -0.15) is 0 Å². The molecule has 0 unspecified atom stereocenters. The zero-order valence-corrected chi connectivity index (χ0v) is 21.6. The van der Waals surface area contributed by atoms with Crippen molar-refractivity contribution in [3.8, 4) is 28.4 Å². The van der Waals surface area contributed by atoms with Crippen LogP contribution in [0.1, 0.15) is 26.4 Å². The summed E-state index contributed by atoms with van der Waals surface area (Å²) in [5.41, 5.74) is 4.71. The van der Waals surface area contributed by atoms with Gasteiger partial charge in [0, 0.05) is 37.4 Å². The van der Waals surface area contributed by atoms with Gasteiger partial charge in [-0.25, -0.2) is 0 Å². The van der Waals surface area contributed by atoms with Gasteiger partial charge in [0.25, 0.3) is 11.8 Å². The van der Waals surface area contributed by atoms with Crippen LogP contribution in [0.25, 0.3) is 16.9 Å². The fraction of sp³-hybridized carbons (Fsp3) is 0.200. The van der Waals surface area contributed by atoms with Crippen molar-refractivity contribution >= 4 is 23.4 Å². The second-order valence-electron chi connectivity index (χ2n) is 9.33. The van der Waals surface area contributed by atoms with E-state index >= 15 is 0 Å². The van der Waals surface area contributed by atoms with E-state index < -0.39 is 0 Å². The Morgan fingerprint density at radius 3 is 2.16 bits per heavy atom. The maximum atomic E-state index is 13.8. The third-order valence-electron chi connectivity index (χ3n) is 7.11. The highest BCUT2D eigenvalue weighted by atomic mass is 35.5. The zero-order chi connectivity index (χ0) is 26.2. The number of ether oxygens (including phenoxy) is 2. The van der Waals surface area contributed by atoms with Crippen LogP contribution in [-0.4, -0.2) is 59.2 Å². The second kappa shape index (κ2) is 9.91. The van der Waals surface area contributed by atoms with Crippen molar-refractivity contribution in [2.75, 3.05) is 33.0 Å². The molecule has 3 heterocycles. The van der Waals surface area contributed by atoms with Crippen LogP contribution in [0.3, 0.4) is 0 Å². The summed E-state index contributed by atoms with van der Waals surface area (Å²) < 4.78 is 12.8. The summed E-state index contributed by atoms with van der Waals surface area (Å²) >= 11 is 6.59. The standard InChI is InChI=1S/C30H26ClN3O4/c1-20-23(18-26(21-7-3-2-4-8-21)34(20)25-10-6-5-9-24(25)31)30(36)33-15-13-32(14-16-33)29(35)22-11-12-27-28(17-22)38-19-37-27/h2-12,17-18H,13-16,19H2,1H3. The molecule has 1 fully saturated rings. The van der Waals surface area contributed by atoms with E-state index in [0.717, 1.165) is 22.6 Å². The van der Waals surface area contributed by atoms with E-state index in [1.807, 2.05) is 77.1 Å². The van der Waals surface area contributed by atoms with Gasteiger partial charge in [0.05, 0.1) is 22.0 Å². The molecule has 0 N–H and O–H groups in total. The first kappa shape index (κ1) is 24.1. The maximum absolute atomic E-state index is 13.8. The SMILES string of the molecule is Cc1c(C(=O)N2CCN(C(=O)c3ccc4c(c3)OCO4)CC2)cc(-c2ccccc2)n1-c1ccccc1Cl. The Morgan fingerprint density at radius 2 is 1.42 bits per heavy atom. The smallest absolute Gasteiger partial charge is 0.255 e. The molecule has 2 aliphatic heterocycles. The number of benzene rings is 3. The van der Waals surface area contributed by atoms with Gasteiger partial charge in [0.15, 0.2) is 11.5 Å². The molecule has 0 radical (unpaired) electrons. The van der Waals surface area contributed by atoms with Crippen molar-refractivity contribution < 1.29 is 19.1 Å². The van der Waals surface area contributed by atoms with Crippen LogP contribution in [0.15, 0.2) is 78.9 Å². The van der Waals surface area contributed by atoms with Crippen molar-refractivity contribution in [1.82, 2.24) is 14.4 Å². The Hall–Kier alpha value is -4.23. The minimum absolute atomic E-state index is 0.0549. The van der Waals surface area contributed by atoms with Crippen molar-refractivity contribution in [3.05, 3.63) is 101 Å². The van der Waals surface area contributed by atoms with Crippen molar-refractivity contribution in [2.24, 2.45) is 0 Å². The quantitative estimate of drug-likeness (QED) is 0.355. The van der Waals surface area contributed by atoms with Crippen molar-refractivity contribution in [1.29, 1.82) is 0 Å². The van der Waals surface area contributed by atoms with E-state index in [-0.39, 0.29) is 18.6 Å². The molecular weight excluding hydrogens is 502 g/mol.